The average Bonchev–Trinajstić information content (AvgIpc) is 3.10. The van der Waals surface area contributed by atoms with Gasteiger partial charge in [-0.05, 0) is 59.3 Å². The van der Waals surface area contributed by atoms with Crippen LogP contribution in [-0.4, -0.2) is 39.0 Å². The van der Waals surface area contributed by atoms with E-state index < -0.39 is 0 Å². The number of nitrogens with zero attached hydrogens (tertiary/aromatic N) is 4. The molecule has 0 spiro atoms. The van der Waals surface area contributed by atoms with Crippen molar-refractivity contribution in [3.8, 4) is 11.4 Å². The van der Waals surface area contributed by atoms with Gasteiger partial charge in [0.05, 0.1) is 12.9 Å². The summed E-state index contributed by atoms with van der Waals surface area (Å²) in [6, 6.07) is 13.1. The number of methoxy groups -OCH3 is 1. The Morgan fingerprint density at radius 1 is 1.27 bits per heavy atom. The first kappa shape index (κ1) is 18.4. The smallest absolute Gasteiger partial charge is 0.234 e. The lowest BCUT2D eigenvalue weighted by Gasteiger charge is -2.10. The lowest BCUT2D eigenvalue weighted by molar-refractivity contribution is -0.113. The van der Waals surface area contributed by atoms with Crippen molar-refractivity contribution in [1.29, 1.82) is 0 Å². The molecule has 0 radical (unpaired) electrons. The SMILES string of the molecule is COc1ccc(C)cc1-n1nnnc1SCC(=O)Nc1ccc(Br)cc1. The third-order valence-corrected chi connectivity index (χ3v) is 4.91. The van der Waals surface area contributed by atoms with E-state index in [1.165, 1.54) is 11.8 Å². The predicted octanol–water partition coefficient (Wildman–Crippen LogP) is 3.47. The zero-order valence-corrected chi connectivity index (χ0v) is 16.5. The number of carbonyl (C=O) groups excluding carboxylic acids is 1. The Kier molecular flexibility index (Phi) is 5.89. The Morgan fingerprint density at radius 2 is 2.04 bits per heavy atom. The van der Waals surface area contributed by atoms with E-state index in [2.05, 4.69) is 36.8 Å². The number of aromatic nitrogens is 4. The van der Waals surface area contributed by atoms with Gasteiger partial charge in [-0.3, -0.25) is 4.79 Å². The average molecular weight is 434 g/mol. The second kappa shape index (κ2) is 8.33. The number of hydrogen-bond acceptors (Lipinski definition) is 6. The Balaban J connectivity index is 1.70. The molecule has 2 aromatic carbocycles. The maximum Gasteiger partial charge on any atom is 0.234 e. The van der Waals surface area contributed by atoms with Crippen LogP contribution in [0.4, 0.5) is 5.69 Å². The number of amides is 1. The third-order valence-electron chi connectivity index (χ3n) is 3.46. The van der Waals surface area contributed by atoms with Crippen molar-refractivity contribution in [2.45, 2.75) is 12.1 Å². The number of rotatable bonds is 6. The maximum absolute atomic E-state index is 12.2. The molecule has 1 heterocycles. The molecule has 0 saturated carbocycles. The van der Waals surface area contributed by atoms with Crippen molar-refractivity contribution >= 4 is 39.3 Å². The van der Waals surface area contributed by atoms with Gasteiger partial charge in [-0.1, -0.05) is 33.8 Å². The van der Waals surface area contributed by atoms with Crippen molar-refractivity contribution in [3.63, 3.8) is 0 Å². The highest BCUT2D eigenvalue weighted by Gasteiger charge is 2.15. The Hall–Kier alpha value is -2.39. The molecule has 7 nitrogen and oxygen atoms in total. The first-order chi connectivity index (χ1) is 12.6. The van der Waals surface area contributed by atoms with Gasteiger partial charge >= 0.3 is 0 Å². The van der Waals surface area contributed by atoms with Gasteiger partial charge in [0.1, 0.15) is 11.4 Å². The second-order valence-corrected chi connectivity index (χ2v) is 7.25. The topological polar surface area (TPSA) is 81.9 Å². The highest BCUT2D eigenvalue weighted by Crippen LogP contribution is 2.27. The van der Waals surface area contributed by atoms with Crippen LogP contribution in [0.25, 0.3) is 5.69 Å². The molecule has 9 heteroatoms. The minimum atomic E-state index is -0.136. The molecule has 1 amide bonds. The predicted molar refractivity (Wildman–Crippen MR) is 104 cm³/mol. The van der Waals surface area contributed by atoms with Crippen LogP contribution in [0.15, 0.2) is 52.1 Å². The highest BCUT2D eigenvalue weighted by molar-refractivity contribution is 9.10. The summed E-state index contributed by atoms with van der Waals surface area (Å²) in [5, 5.41) is 15.1. The molecule has 3 aromatic rings. The molecule has 0 aliphatic heterocycles. The van der Waals surface area contributed by atoms with Crippen molar-refractivity contribution in [1.82, 2.24) is 20.2 Å². The summed E-state index contributed by atoms with van der Waals surface area (Å²) < 4.78 is 7.91. The van der Waals surface area contributed by atoms with Crippen LogP contribution in [0.5, 0.6) is 5.75 Å². The van der Waals surface area contributed by atoms with Gasteiger partial charge in [-0.25, -0.2) is 0 Å². The van der Waals surface area contributed by atoms with Crippen LogP contribution >= 0.6 is 27.7 Å². The second-order valence-electron chi connectivity index (χ2n) is 5.39. The molecule has 26 heavy (non-hydrogen) atoms. The number of ether oxygens (including phenoxy) is 1. The van der Waals surface area contributed by atoms with Gasteiger partial charge in [0.25, 0.3) is 0 Å². The molecule has 0 saturated heterocycles. The molecule has 0 atom stereocenters. The summed E-state index contributed by atoms with van der Waals surface area (Å²) in [5.41, 5.74) is 2.52. The molecule has 0 bridgehead atoms. The molecule has 0 fully saturated rings. The van der Waals surface area contributed by atoms with Crippen LogP contribution in [0, 0.1) is 6.92 Å². The van der Waals surface area contributed by atoms with E-state index in [9.17, 15) is 4.79 Å². The molecule has 3 rings (SSSR count). The number of anilines is 1. The summed E-state index contributed by atoms with van der Waals surface area (Å²) in [4.78, 5) is 12.2. The largest absolute Gasteiger partial charge is 0.494 e. The normalized spacial score (nSPS) is 10.6. The lowest BCUT2D eigenvalue weighted by atomic mass is 10.2. The summed E-state index contributed by atoms with van der Waals surface area (Å²) >= 11 is 4.62. The number of hydrogen-bond donors (Lipinski definition) is 1. The molecule has 1 aromatic heterocycles. The van der Waals surface area contributed by atoms with Crippen LogP contribution in [0.1, 0.15) is 5.56 Å². The fraction of sp³-hybridized carbons (Fsp3) is 0.176. The molecule has 0 aliphatic carbocycles. The van der Waals surface area contributed by atoms with Crippen molar-refractivity contribution in [2.75, 3.05) is 18.2 Å². The van der Waals surface area contributed by atoms with Gasteiger partial charge in [0.2, 0.25) is 11.1 Å². The maximum atomic E-state index is 12.2. The van der Waals surface area contributed by atoms with Crippen molar-refractivity contribution < 1.29 is 9.53 Å². The molecule has 0 unspecified atom stereocenters. The summed E-state index contributed by atoms with van der Waals surface area (Å²) in [6.45, 7) is 1.98. The van der Waals surface area contributed by atoms with E-state index in [1.807, 2.05) is 49.4 Å². The van der Waals surface area contributed by atoms with Crippen LogP contribution < -0.4 is 10.1 Å². The lowest BCUT2D eigenvalue weighted by Crippen LogP contribution is -2.14. The minimum Gasteiger partial charge on any atom is -0.494 e. The zero-order valence-electron chi connectivity index (χ0n) is 14.1. The monoisotopic (exact) mass is 433 g/mol. The van der Waals surface area contributed by atoms with E-state index in [4.69, 9.17) is 4.74 Å². The zero-order chi connectivity index (χ0) is 18.5. The van der Waals surface area contributed by atoms with Crippen LogP contribution in [0.3, 0.4) is 0 Å². The molecule has 0 aliphatic rings. The summed E-state index contributed by atoms with van der Waals surface area (Å²) in [5.74, 6) is 0.706. The Morgan fingerprint density at radius 3 is 2.77 bits per heavy atom. The number of benzene rings is 2. The standard InChI is InChI=1S/C17H16BrN5O2S/c1-11-3-8-15(25-2)14(9-11)23-17(20-21-22-23)26-10-16(24)19-13-6-4-12(18)5-7-13/h3-9H,10H2,1-2H3,(H,19,24). The van der Waals surface area contributed by atoms with E-state index in [0.717, 1.165) is 21.4 Å². The highest BCUT2D eigenvalue weighted by atomic mass is 79.9. The van der Waals surface area contributed by atoms with E-state index in [-0.39, 0.29) is 11.7 Å². The number of carbonyl (C=O) groups is 1. The summed E-state index contributed by atoms with van der Waals surface area (Å²) in [6.07, 6.45) is 0. The number of tetrazole rings is 1. The molecular formula is C17H16BrN5O2S. The minimum absolute atomic E-state index is 0.136. The number of nitrogens with one attached hydrogen (secondary N) is 1. The van der Waals surface area contributed by atoms with Gasteiger partial charge in [0, 0.05) is 10.2 Å². The fourth-order valence-corrected chi connectivity index (χ4v) is 3.19. The number of halogens is 1. The Labute approximate surface area is 163 Å². The first-order valence-electron chi connectivity index (χ1n) is 7.68. The Bertz CT molecular complexity index is 914. The molecule has 134 valence electrons. The van der Waals surface area contributed by atoms with Gasteiger partial charge in [-0.15, -0.1) is 5.10 Å². The quantitative estimate of drug-likeness (QED) is 0.599. The number of aryl methyl sites for hydroxylation is 1. The van der Waals surface area contributed by atoms with Crippen LogP contribution in [0.2, 0.25) is 0 Å². The van der Waals surface area contributed by atoms with Gasteiger partial charge in [0.15, 0.2) is 0 Å². The van der Waals surface area contributed by atoms with E-state index in [0.29, 0.717) is 10.9 Å². The summed E-state index contributed by atoms with van der Waals surface area (Å²) in [7, 11) is 1.59. The van der Waals surface area contributed by atoms with Crippen molar-refractivity contribution in [2.24, 2.45) is 0 Å². The molecule has 1 N–H and O–H groups in total. The van der Waals surface area contributed by atoms with E-state index >= 15 is 0 Å². The van der Waals surface area contributed by atoms with Gasteiger partial charge in [-0.2, -0.15) is 4.68 Å². The van der Waals surface area contributed by atoms with Crippen LogP contribution in [-0.2, 0) is 4.79 Å². The first-order valence-corrected chi connectivity index (χ1v) is 9.46. The van der Waals surface area contributed by atoms with Crippen molar-refractivity contribution in [3.05, 3.63) is 52.5 Å². The fourth-order valence-electron chi connectivity index (χ4n) is 2.25. The third kappa shape index (κ3) is 4.41. The van der Waals surface area contributed by atoms with Gasteiger partial charge < -0.3 is 10.1 Å². The number of thioether (sulfide) groups is 1. The molecular weight excluding hydrogens is 418 g/mol. The van der Waals surface area contributed by atoms with E-state index in [1.54, 1.807) is 11.8 Å².